The summed E-state index contributed by atoms with van der Waals surface area (Å²) in [5, 5.41) is 8.69. The van der Waals surface area contributed by atoms with Crippen molar-refractivity contribution in [3.8, 4) is 0 Å². The highest BCUT2D eigenvalue weighted by Gasteiger charge is 2.14. The normalized spacial score (nSPS) is 18.4. The molecule has 2 rings (SSSR count). The lowest BCUT2D eigenvalue weighted by molar-refractivity contribution is 0.114. The number of hydrogen-bond donors (Lipinski definition) is 2. The van der Waals surface area contributed by atoms with Gasteiger partial charge in [0, 0.05) is 23.7 Å². The Morgan fingerprint density at radius 1 is 1.50 bits per heavy atom. The van der Waals surface area contributed by atoms with Gasteiger partial charge in [0.25, 0.3) is 0 Å². The summed E-state index contributed by atoms with van der Waals surface area (Å²) >= 11 is 17.0. The topological polar surface area (TPSA) is 45.6 Å². The van der Waals surface area contributed by atoms with E-state index in [2.05, 4.69) is 15.8 Å². The maximum Gasteiger partial charge on any atom is 0.187 e. The molecule has 1 aliphatic heterocycles. The van der Waals surface area contributed by atoms with Gasteiger partial charge in [-0.15, -0.1) is 0 Å². The Morgan fingerprint density at radius 3 is 3.05 bits per heavy atom. The lowest BCUT2D eigenvalue weighted by Crippen LogP contribution is -2.37. The Labute approximate surface area is 133 Å². The third-order valence-electron chi connectivity index (χ3n) is 2.85. The highest BCUT2D eigenvalue weighted by Crippen LogP contribution is 2.19. The van der Waals surface area contributed by atoms with Crippen molar-refractivity contribution in [2.24, 2.45) is 5.10 Å². The summed E-state index contributed by atoms with van der Waals surface area (Å²) in [6.07, 6.45) is 4.02. The molecule has 0 aliphatic carbocycles. The number of nitrogens with one attached hydrogen (secondary N) is 2. The van der Waals surface area contributed by atoms with Gasteiger partial charge in [0.05, 0.1) is 17.3 Å². The highest BCUT2D eigenvalue weighted by atomic mass is 35.5. The van der Waals surface area contributed by atoms with Crippen molar-refractivity contribution in [3.63, 3.8) is 0 Å². The molecular weight excluding hydrogens is 317 g/mol. The maximum atomic E-state index is 6.02. The molecule has 1 aliphatic rings. The fraction of sp³-hybridized carbons (Fsp3) is 0.385. The van der Waals surface area contributed by atoms with Crippen LogP contribution in [0, 0.1) is 0 Å². The third kappa shape index (κ3) is 4.90. The number of benzene rings is 1. The minimum atomic E-state index is 0.240. The standard InChI is InChI=1S/C13H15Cl2N3OS/c14-10-4-3-9(12(15)6-10)7-17-18-13(20)16-8-11-2-1-5-19-11/h3-4,6-7,11H,1-2,5,8H2,(H2,16,18,20). The van der Waals surface area contributed by atoms with Gasteiger partial charge in [0.1, 0.15) is 0 Å². The summed E-state index contributed by atoms with van der Waals surface area (Å²) in [5.41, 5.74) is 3.51. The fourth-order valence-electron chi connectivity index (χ4n) is 1.82. The Morgan fingerprint density at radius 2 is 2.35 bits per heavy atom. The Kier molecular flexibility index (Phi) is 6.04. The molecular formula is C13H15Cl2N3OS. The van der Waals surface area contributed by atoms with Crippen LogP contribution in [0.1, 0.15) is 18.4 Å². The van der Waals surface area contributed by atoms with E-state index in [0.29, 0.717) is 21.7 Å². The Balaban J connectivity index is 1.75. The molecule has 20 heavy (non-hydrogen) atoms. The molecule has 1 saturated heterocycles. The van der Waals surface area contributed by atoms with Crippen LogP contribution in [0.5, 0.6) is 0 Å². The number of rotatable bonds is 4. The number of halogens is 2. The summed E-state index contributed by atoms with van der Waals surface area (Å²) in [5.74, 6) is 0. The summed E-state index contributed by atoms with van der Waals surface area (Å²) in [6, 6.07) is 5.21. The van der Waals surface area contributed by atoms with E-state index >= 15 is 0 Å². The molecule has 0 spiro atoms. The van der Waals surface area contributed by atoms with Crippen molar-refractivity contribution in [3.05, 3.63) is 33.8 Å². The Bertz CT molecular complexity index is 504. The number of hydrogen-bond acceptors (Lipinski definition) is 3. The number of ether oxygens (including phenoxy) is 1. The van der Waals surface area contributed by atoms with Crippen molar-refractivity contribution < 1.29 is 4.74 Å². The smallest absolute Gasteiger partial charge is 0.187 e. The fourth-order valence-corrected chi connectivity index (χ4v) is 2.41. The van der Waals surface area contributed by atoms with E-state index in [0.717, 1.165) is 25.0 Å². The van der Waals surface area contributed by atoms with Gasteiger partial charge in [0.2, 0.25) is 0 Å². The molecule has 2 N–H and O–H groups in total. The zero-order chi connectivity index (χ0) is 14.4. The van der Waals surface area contributed by atoms with E-state index in [9.17, 15) is 0 Å². The van der Waals surface area contributed by atoms with Crippen LogP contribution in [-0.4, -0.2) is 30.6 Å². The quantitative estimate of drug-likeness (QED) is 0.506. The van der Waals surface area contributed by atoms with Crippen molar-refractivity contribution in [2.75, 3.05) is 13.2 Å². The molecule has 0 bridgehead atoms. The molecule has 1 aromatic carbocycles. The number of thiocarbonyl (C=S) groups is 1. The van der Waals surface area contributed by atoms with Crippen molar-refractivity contribution >= 4 is 46.7 Å². The molecule has 0 radical (unpaired) electrons. The lowest BCUT2D eigenvalue weighted by atomic mass is 10.2. The molecule has 7 heteroatoms. The average molecular weight is 332 g/mol. The second-order valence-corrected chi connectivity index (χ2v) is 5.63. The molecule has 108 valence electrons. The van der Waals surface area contributed by atoms with Crippen LogP contribution in [-0.2, 0) is 4.74 Å². The maximum absolute atomic E-state index is 6.02. The van der Waals surface area contributed by atoms with Gasteiger partial charge in [-0.05, 0) is 37.2 Å². The van der Waals surface area contributed by atoms with Crippen molar-refractivity contribution in [1.82, 2.24) is 10.7 Å². The first-order chi connectivity index (χ1) is 9.65. The first-order valence-corrected chi connectivity index (χ1v) is 7.45. The van der Waals surface area contributed by atoms with E-state index in [1.807, 2.05) is 0 Å². The van der Waals surface area contributed by atoms with Gasteiger partial charge in [-0.2, -0.15) is 5.10 Å². The Hall–Kier alpha value is -0.880. The second-order valence-electron chi connectivity index (χ2n) is 4.38. The molecule has 1 unspecified atom stereocenters. The number of hydrazone groups is 1. The lowest BCUT2D eigenvalue weighted by Gasteiger charge is -2.11. The highest BCUT2D eigenvalue weighted by molar-refractivity contribution is 7.80. The van der Waals surface area contributed by atoms with Crippen LogP contribution in [0.2, 0.25) is 10.0 Å². The molecule has 0 saturated carbocycles. The van der Waals surface area contributed by atoms with Crippen molar-refractivity contribution in [2.45, 2.75) is 18.9 Å². The summed E-state index contributed by atoms with van der Waals surface area (Å²) in [4.78, 5) is 0. The second kappa shape index (κ2) is 7.78. The van der Waals surface area contributed by atoms with Crippen LogP contribution >= 0.6 is 35.4 Å². The van der Waals surface area contributed by atoms with E-state index < -0.39 is 0 Å². The SMILES string of the molecule is S=C(NCC1CCCO1)NN=Cc1ccc(Cl)cc1Cl. The van der Waals surface area contributed by atoms with Gasteiger partial charge >= 0.3 is 0 Å². The molecule has 0 amide bonds. The van der Waals surface area contributed by atoms with Crippen LogP contribution in [0.25, 0.3) is 0 Å². The predicted octanol–water partition coefficient (Wildman–Crippen LogP) is 2.97. The minimum absolute atomic E-state index is 0.240. The third-order valence-corrected chi connectivity index (χ3v) is 3.64. The average Bonchev–Trinajstić information content (AvgIpc) is 2.92. The molecule has 1 heterocycles. The monoisotopic (exact) mass is 331 g/mol. The first kappa shape index (κ1) is 15.5. The van der Waals surface area contributed by atoms with Crippen molar-refractivity contribution in [1.29, 1.82) is 0 Å². The van der Waals surface area contributed by atoms with Crippen LogP contribution in [0.4, 0.5) is 0 Å². The van der Waals surface area contributed by atoms with Gasteiger partial charge in [-0.1, -0.05) is 29.3 Å². The number of nitrogens with zero attached hydrogens (tertiary/aromatic N) is 1. The zero-order valence-corrected chi connectivity index (χ0v) is 13.1. The molecule has 4 nitrogen and oxygen atoms in total. The predicted molar refractivity (Wildman–Crippen MR) is 86.8 cm³/mol. The molecule has 0 aromatic heterocycles. The zero-order valence-electron chi connectivity index (χ0n) is 10.7. The molecule has 1 aromatic rings. The minimum Gasteiger partial charge on any atom is -0.376 e. The molecule has 1 fully saturated rings. The van der Waals surface area contributed by atoms with Crippen LogP contribution < -0.4 is 10.7 Å². The van der Waals surface area contributed by atoms with Gasteiger partial charge in [-0.25, -0.2) is 0 Å². The van der Waals surface area contributed by atoms with Gasteiger partial charge in [0.15, 0.2) is 5.11 Å². The summed E-state index contributed by atoms with van der Waals surface area (Å²) in [6.45, 7) is 1.53. The van der Waals surface area contributed by atoms with Gasteiger partial charge < -0.3 is 10.1 Å². The largest absolute Gasteiger partial charge is 0.376 e. The van der Waals surface area contributed by atoms with Crippen LogP contribution in [0.3, 0.4) is 0 Å². The first-order valence-electron chi connectivity index (χ1n) is 6.29. The summed E-state index contributed by atoms with van der Waals surface area (Å²) in [7, 11) is 0. The van der Waals surface area contributed by atoms with Gasteiger partial charge in [-0.3, -0.25) is 5.43 Å². The van der Waals surface area contributed by atoms with E-state index in [1.165, 1.54) is 0 Å². The van der Waals surface area contributed by atoms with E-state index in [4.69, 9.17) is 40.2 Å². The van der Waals surface area contributed by atoms with Crippen LogP contribution in [0.15, 0.2) is 23.3 Å². The van der Waals surface area contributed by atoms with E-state index in [-0.39, 0.29) is 6.10 Å². The van der Waals surface area contributed by atoms with E-state index in [1.54, 1.807) is 24.4 Å². The molecule has 1 atom stereocenters. The summed E-state index contributed by atoms with van der Waals surface area (Å²) < 4.78 is 5.49.